The van der Waals surface area contributed by atoms with Gasteiger partial charge in [0, 0.05) is 52.7 Å². The van der Waals surface area contributed by atoms with Crippen molar-refractivity contribution in [3.8, 4) is 0 Å². The summed E-state index contributed by atoms with van der Waals surface area (Å²) in [6, 6.07) is 7.69. The molecular weight excluding hydrogens is 328 g/mol. The first-order valence-electron chi connectivity index (χ1n) is 8.95. The number of carbonyl (C=O) groups excluding carboxylic acids is 1. The molecule has 1 aliphatic rings. The molecule has 1 fully saturated rings. The van der Waals surface area contributed by atoms with Crippen molar-refractivity contribution in [3.63, 3.8) is 0 Å². The van der Waals surface area contributed by atoms with Crippen LogP contribution in [-0.2, 0) is 13.1 Å². The first-order chi connectivity index (χ1) is 12.6. The molecule has 2 aromatic rings. The number of rotatable bonds is 6. The first kappa shape index (κ1) is 18.0. The summed E-state index contributed by atoms with van der Waals surface area (Å²) < 4.78 is 0. The summed E-state index contributed by atoms with van der Waals surface area (Å²) in [4.78, 5) is 25.0. The number of anilines is 2. The topological polar surface area (TPSA) is 73.4 Å². The summed E-state index contributed by atoms with van der Waals surface area (Å²) in [6.07, 6.45) is 6.02. The molecule has 1 aliphatic heterocycles. The normalized spacial score (nSPS) is 13.5. The minimum Gasteiger partial charge on any atom is -0.363 e. The zero-order chi connectivity index (χ0) is 18.4. The third-order valence-electron chi connectivity index (χ3n) is 4.41. The Kier molecular flexibility index (Phi) is 5.88. The Hall–Kier alpha value is -2.83. The average Bonchev–Trinajstić information content (AvgIpc) is 3.20. The Balaban J connectivity index is 1.46. The standard InChI is InChI=1S/C19H26N6O/c1-24(2)17-6-5-16(13-21-17)14-23-19(26)22-12-15-7-8-20-18(11-15)25-9-3-4-10-25/h5-8,11,13H,3-4,9-10,12,14H2,1-2H3,(H2,22,23,26). The fraction of sp³-hybridized carbons (Fsp3) is 0.421. The molecule has 2 amide bonds. The van der Waals surface area contributed by atoms with Crippen LogP contribution in [0, 0.1) is 0 Å². The minimum absolute atomic E-state index is 0.193. The van der Waals surface area contributed by atoms with Crippen LogP contribution in [0.5, 0.6) is 0 Å². The van der Waals surface area contributed by atoms with E-state index in [0.29, 0.717) is 13.1 Å². The summed E-state index contributed by atoms with van der Waals surface area (Å²) in [5, 5.41) is 5.75. The van der Waals surface area contributed by atoms with Gasteiger partial charge in [-0.05, 0) is 42.2 Å². The van der Waals surface area contributed by atoms with Crippen molar-refractivity contribution in [2.75, 3.05) is 37.0 Å². The molecule has 2 N–H and O–H groups in total. The molecule has 3 heterocycles. The van der Waals surface area contributed by atoms with Crippen LogP contribution in [0.2, 0.25) is 0 Å². The van der Waals surface area contributed by atoms with Crippen LogP contribution in [0.15, 0.2) is 36.7 Å². The van der Waals surface area contributed by atoms with E-state index in [-0.39, 0.29) is 6.03 Å². The molecule has 0 bridgehead atoms. The molecule has 7 heteroatoms. The molecule has 0 aliphatic carbocycles. The Bertz CT molecular complexity index is 725. The number of amides is 2. The van der Waals surface area contributed by atoms with E-state index in [1.807, 2.05) is 37.2 Å². The lowest BCUT2D eigenvalue weighted by Crippen LogP contribution is -2.34. The zero-order valence-electron chi connectivity index (χ0n) is 15.4. The van der Waals surface area contributed by atoms with Crippen LogP contribution >= 0.6 is 0 Å². The van der Waals surface area contributed by atoms with Gasteiger partial charge >= 0.3 is 6.03 Å². The van der Waals surface area contributed by atoms with E-state index in [4.69, 9.17) is 0 Å². The lowest BCUT2D eigenvalue weighted by atomic mass is 10.2. The van der Waals surface area contributed by atoms with Crippen LogP contribution in [0.4, 0.5) is 16.4 Å². The van der Waals surface area contributed by atoms with Crippen LogP contribution in [-0.4, -0.2) is 43.2 Å². The average molecular weight is 354 g/mol. The van der Waals surface area contributed by atoms with Gasteiger partial charge in [-0.2, -0.15) is 0 Å². The van der Waals surface area contributed by atoms with Crippen molar-refractivity contribution in [2.45, 2.75) is 25.9 Å². The molecule has 0 saturated carbocycles. The number of nitrogens with one attached hydrogen (secondary N) is 2. The zero-order valence-corrected chi connectivity index (χ0v) is 15.4. The number of nitrogens with zero attached hydrogens (tertiary/aromatic N) is 4. The van der Waals surface area contributed by atoms with Gasteiger partial charge < -0.3 is 20.4 Å². The van der Waals surface area contributed by atoms with E-state index in [1.165, 1.54) is 12.8 Å². The largest absolute Gasteiger partial charge is 0.363 e. The van der Waals surface area contributed by atoms with E-state index in [2.05, 4.69) is 31.6 Å². The second kappa shape index (κ2) is 8.51. The Morgan fingerprint density at radius 1 is 1.08 bits per heavy atom. The predicted molar refractivity (Wildman–Crippen MR) is 103 cm³/mol. The Labute approximate surface area is 154 Å². The lowest BCUT2D eigenvalue weighted by Gasteiger charge is -2.17. The van der Waals surface area contributed by atoms with Gasteiger partial charge in [-0.1, -0.05) is 6.07 Å². The molecular formula is C19H26N6O. The number of carbonyl (C=O) groups is 1. The van der Waals surface area contributed by atoms with Gasteiger partial charge in [0.1, 0.15) is 11.6 Å². The van der Waals surface area contributed by atoms with Gasteiger partial charge in [-0.3, -0.25) is 0 Å². The second-order valence-electron chi connectivity index (χ2n) is 6.67. The number of pyridine rings is 2. The molecule has 26 heavy (non-hydrogen) atoms. The molecule has 1 saturated heterocycles. The van der Waals surface area contributed by atoms with Gasteiger partial charge in [0.15, 0.2) is 0 Å². The summed E-state index contributed by atoms with van der Waals surface area (Å²) >= 11 is 0. The molecule has 3 rings (SSSR count). The fourth-order valence-electron chi connectivity index (χ4n) is 2.90. The summed E-state index contributed by atoms with van der Waals surface area (Å²) in [5.74, 6) is 1.89. The van der Waals surface area contributed by atoms with Gasteiger partial charge in [0.2, 0.25) is 0 Å². The van der Waals surface area contributed by atoms with Crippen LogP contribution in [0.25, 0.3) is 0 Å². The van der Waals surface area contributed by atoms with Crippen LogP contribution < -0.4 is 20.4 Å². The van der Waals surface area contributed by atoms with Gasteiger partial charge in [-0.25, -0.2) is 14.8 Å². The van der Waals surface area contributed by atoms with E-state index >= 15 is 0 Å². The molecule has 138 valence electrons. The molecule has 0 radical (unpaired) electrons. The van der Waals surface area contributed by atoms with Gasteiger partial charge in [-0.15, -0.1) is 0 Å². The van der Waals surface area contributed by atoms with Crippen molar-refractivity contribution in [1.82, 2.24) is 20.6 Å². The maximum atomic E-state index is 12.0. The van der Waals surface area contributed by atoms with Crippen LogP contribution in [0.1, 0.15) is 24.0 Å². The van der Waals surface area contributed by atoms with Crippen LogP contribution in [0.3, 0.4) is 0 Å². The third kappa shape index (κ3) is 4.84. The van der Waals surface area contributed by atoms with Crippen molar-refractivity contribution in [3.05, 3.63) is 47.8 Å². The monoisotopic (exact) mass is 354 g/mol. The SMILES string of the molecule is CN(C)c1ccc(CNC(=O)NCc2ccnc(N3CCCC3)c2)cn1. The van der Waals surface area contributed by atoms with E-state index in [9.17, 15) is 4.79 Å². The summed E-state index contributed by atoms with van der Waals surface area (Å²) in [7, 11) is 3.89. The van der Waals surface area contributed by atoms with Crippen molar-refractivity contribution in [2.24, 2.45) is 0 Å². The molecule has 0 spiro atoms. The number of hydrogen-bond donors (Lipinski definition) is 2. The molecule has 0 aromatic carbocycles. The number of aromatic nitrogens is 2. The van der Waals surface area contributed by atoms with Crippen molar-refractivity contribution >= 4 is 17.7 Å². The number of hydrogen-bond acceptors (Lipinski definition) is 5. The van der Waals surface area contributed by atoms with E-state index < -0.39 is 0 Å². The van der Waals surface area contributed by atoms with Gasteiger partial charge in [0.25, 0.3) is 0 Å². The highest BCUT2D eigenvalue weighted by Crippen LogP contribution is 2.18. The summed E-state index contributed by atoms with van der Waals surface area (Å²) in [6.45, 7) is 3.05. The summed E-state index contributed by atoms with van der Waals surface area (Å²) in [5.41, 5.74) is 2.01. The second-order valence-corrected chi connectivity index (χ2v) is 6.67. The van der Waals surface area contributed by atoms with E-state index in [0.717, 1.165) is 35.9 Å². The predicted octanol–water partition coefficient (Wildman–Crippen LogP) is 2.14. The Morgan fingerprint density at radius 3 is 2.46 bits per heavy atom. The van der Waals surface area contributed by atoms with E-state index in [1.54, 1.807) is 12.4 Å². The third-order valence-corrected chi connectivity index (χ3v) is 4.41. The highest BCUT2D eigenvalue weighted by molar-refractivity contribution is 5.73. The minimum atomic E-state index is -0.193. The molecule has 7 nitrogen and oxygen atoms in total. The Morgan fingerprint density at radius 2 is 1.81 bits per heavy atom. The highest BCUT2D eigenvalue weighted by Gasteiger charge is 2.13. The quantitative estimate of drug-likeness (QED) is 0.831. The maximum Gasteiger partial charge on any atom is 0.315 e. The lowest BCUT2D eigenvalue weighted by molar-refractivity contribution is 0.240. The van der Waals surface area contributed by atoms with Gasteiger partial charge in [0.05, 0.1) is 0 Å². The van der Waals surface area contributed by atoms with Crippen molar-refractivity contribution < 1.29 is 4.79 Å². The maximum absolute atomic E-state index is 12.0. The number of urea groups is 1. The molecule has 2 aromatic heterocycles. The molecule has 0 unspecified atom stereocenters. The van der Waals surface area contributed by atoms with Crippen molar-refractivity contribution in [1.29, 1.82) is 0 Å². The first-order valence-corrected chi connectivity index (χ1v) is 8.95. The smallest absolute Gasteiger partial charge is 0.315 e. The highest BCUT2D eigenvalue weighted by atomic mass is 16.2. The molecule has 0 atom stereocenters. The fourth-order valence-corrected chi connectivity index (χ4v) is 2.90.